The van der Waals surface area contributed by atoms with Crippen molar-refractivity contribution in [2.75, 3.05) is 38.5 Å². The number of aromatic nitrogens is 1. The zero-order chi connectivity index (χ0) is 18.7. The van der Waals surface area contributed by atoms with E-state index in [2.05, 4.69) is 15.2 Å². The van der Waals surface area contributed by atoms with Crippen LogP contribution in [0, 0.1) is 6.92 Å². The van der Waals surface area contributed by atoms with Crippen LogP contribution in [0.2, 0.25) is 5.02 Å². The van der Waals surface area contributed by atoms with Gasteiger partial charge in [-0.3, -0.25) is 9.59 Å². The Hall–Kier alpha value is -2.44. The molecule has 26 heavy (non-hydrogen) atoms. The molecule has 6 nitrogen and oxygen atoms in total. The lowest BCUT2D eigenvalue weighted by Gasteiger charge is -2.32. The molecule has 1 N–H and O–H groups in total. The molecule has 0 bridgehead atoms. The third kappa shape index (κ3) is 4.03. The Bertz CT molecular complexity index is 832. The molecule has 2 heterocycles. The Kier molecular flexibility index (Phi) is 5.54. The number of rotatable bonds is 3. The smallest absolute Gasteiger partial charge is 0.274 e. The van der Waals surface area contributed by atoms with Gasteiger partial charge in [-0.05, 0) is 43.8 Å². The summed E-state index contributed by atoms with van der Waals surface area (Å²) in [7, 11) is 2.03. The van der Waals surface area contributed by atoms with E-state index in [1.807, 2.05) is 14.0 Å². The van der Waals surface area contributed by atoms with E-state index in [4.69, 9.17) is 11.6 Å². The predicted molar refractivity (Wildman–Crippen MR) is 102 cm³/mol. The molecule has 1 fully saturated rings. The monoisotopic (exact) mass is 372 g/mol. The van der Waals surface area contributed by atoms with Gasteiger partial charge in [-0.1, -0.05) is 23.7 Å². The van der Waals surface area contributed by atoms with Gasteiger partial charge in [0.15, 0.2) is 0 Å². The van der Waals surface area contributed by atoms with Crippen molar-refractivity contribution in [3.8, 4) is 0 Å². The largest absolute Gasteiger partial charge is 0.335 e. The van der Waals surface area contributed by atoms with Crippen molar-refractivity contribution in [2.45, 2.75) is 6.92 Å². The highest BCUT2D eigenvalue weighted by Crippen LogP contribution is 2.23. The zero-order valence-electron chi connectivity index (χ0n) is 14.8. The van der Waals surface area contributed by atoms with Crippen molar-refractivity contribution in [2.24, 2.45) is 0 Å². The van der Waals surface area contributed by atoms with E-state index in [-0.39, 0.29) is 23.2 Å². The Labute approximate surface area is 157 Å². The highest BCUT2D eigenvalue weighted by molar-refractivity contribution is 6.31. The van der Waals surface area contributed by atoms with Crippen molar-refractivity contribution in [3.63, 3.8) is 0 Å². The van der Waals surface area contributed by atoms with Crippen molar-refractivity contribution in [1.82, 2.24) is 14.8 Å². The minimum atomic E-state index is -0.372. The van der Waals surface area contributed by atoms with Crippen LogP contribution < -0.4 is 5.32 Å². The fourth-order valence-corrected chi connectivity index (χ4v) is 2.96. The van der Waals surface area contributed by atoms with Crippen LogP contribution in [0.25, 0.3) is 0 Å². The average molecular weight is 373 g/mol. The summed E-state index contributed by atoms with van der Waals surface area (Å²) in [5, 5.41) is 3.38. The van der Waals surface area contributed by atoms with Gasteiger partial charge in [0.2, 0.25) is 0 Å². The molecule has 3 rings (SSSR count). The number of hydrogen-bond donors (Lipinski definition) is 1. The van der Waals surface area contributed by atoms with Gasteiger partial charge in [-0.2, -0.15) is 0 Å². The molecule has 0 aliphatic carbocycles. The Morgan fingerprint density at radius 2 is 1.69 bits per heavy atom. The number of hydrogen-bond acceptors (Lipinski definition) is 4. The van der Waals surface area contributed by atoms with Gasteiger partial charge in [0.25, 0.3) is 11.8 Å². The number of pyridine rings is 1. The minimum Gasteiger partial charge on any atom is -0.335 e. The molecule has 0 radical (unpaired) electrons. The third-order valence-corrected chi connectivity index (χ3v) is 4.92. The van der Waals surface area contributed by atoms with Crippen LogP contribution >= 0.6 is 11.6 Å². The van der Waals surface area contributed by atoms with Crippen LogP contribution in [0.4, 0.5) is 5.69 Å². The first kappa shape index (κ1) is 18.4. The Balaban J connectivity index is 1.75. The topological polar surface area (TPSA) is 65.5 Å². The molecular weight excluding hydrogens is 352 g/mol. The van der Waals surface area contributed by atoms with Crippen molar-refractivity contribution >= 4 is 29.1 Å². The first-order chi connectivity index (χ1) is 12.5. The number of benzene rings is 1. The number of carbonyl (C=O) groups is 2. The second-order valence-electron chi connectivity index (χ2n) is 6.37. The number of halogens is 1. The first-order valence-corrected chi connectivity index (χ1v) is 8.85. The molecule has 0 saturated carbocycles. The average Bonchev–Trinajstić information content (AvgIpc) is 2.65. The van der Waals surface area contributed by atoms with Crippen LogP contribution in [-0.2, 0) is 0 Å². The molecule has 0 atom stereocenters. The molecule has 2 aromatic rings. The van der Waals surface area contributed by atoms with Crippen LogP contribution in [-0.4, -0.2) is 59.8 Å². The summed E-state index contributed by atoms with van der Waals surface area (Å²) in [5.74, 6) is -0.518. The van der Waals surface area contributed by atoms with Crippen molar-refractivity contribution in [1.29, 1.82) is 0 Å². The molecule has 1 aliphatic rings. The molecular formula is C19H21ClN4O2. The summed E-state index contributed by atoms with van der Waals surface area (Å²) in [6.45, 7) is 4.82. The molecule has 1 saturated heterocycles. The summed E-state index contributed by atoms with van der Waals surface area (Å²) in [6.07, 6.45) is 0. The quantitative estimate of drug-likeness (QED) is 0.899. The SMILES string of the molecule is Cc1c(Cl)cccc1NC(=O)c1cccc(C(=O)N2CCN(C)CC2)n1. The van der Waals surface area contributed by atoms with Gasteiger partial charge in [-0.15, -0.1) is 0 Å². The van der Waals surface area contributed by atoms with Crippen LogP contribution in [0.3, 0.4) is 0 Å². The summed E-state index contributed by atoms with van der Waals surface area (Å²) in [4.78, 5) is 33.4. The lowest BCUT2D eigenvalue weighted by atomic mass is 10.2. The number of amides is 2. The molecule has 0 spiro atoms. The van der Waals surface area contributed by atoms with Crippen molar-refractivity contribution in [3.05, 3.63) is 58.4 Å². The summed E-state index contributed by atoms with van der Waals surface area (Å²) in [6, 6.07) is 10.2. The van der Waals surface area contributed by atoms with E-state index < -0.39 is 0 Å². The second-order valence-corrected chi connectivity index (χ2v) is 6.78. The minimum absolute atomic E-state index is 0.147. The van der Waals surface area contributed by atoms with E-state index in [0.717, 1.165) is 18.7 Å². The van der Waals surface area contributed by atoms with Crippen LogP contribution in [0.15, 0.2) is 36.4 Å². The molecule has 1 aromatic heterocycles. The zero-order valence-corrected chi connectivity index (χ0v) is 15.6. The summed E-state index contributed by atoms with van der Waals surface area (Å²) >= 11 is 6.09. The van der Waals surface area contributed by atoms with E-state index in [0.29, 0.717) is 23.8 Å². The highest BCUT2D eigenvalue weighted by Gasteiger charge is 2.22. The second kappa shape index (κ2) is 7.85. The molecule has 7 heteroatoms. The van der Waals surface area contributed by atoms with Gasteiger partial charge in [0.1, 0.15) is 11.4 Å². The number of likely N-dealkylation sites (N-methyl/N-ethyl adjacent to an activating group) is 1. The molecule has 136 valence electrons. The maximum atomic E-state index is 12.6. The molecule has 0 unspecified atom stereocenters. The number of carbonyl (C=O) groups excluding carboxylic acids is 2. The Morgan fingerprint density at radius 3 is 2.42 bits per heavy atom. The fourth-order valence-electron chi connectivity index (χ4n) is 2.78. The maximum Gasteiger partial charge on any atom is 0.274 e. The molecule has 1 aromatic carbocycles. The van der Waals surface area contributed by atoms with E-state index in [9.17, 15) is 9.59 Å². The number of anilines is 1. The standard InChI is InChI=1S/C19H21ClN4O2/c1-13-14(20)5-3-6-15(13)22-18(25)16-7-4-8-17(21-16)19(26)24-11-9-23(2)10-12-24/h3-8H,9-12H2,1-2H3,(H,22,25). The van der Waals surface area contributed by atoms with E-state index >= 15 is 0 Å². The molecule has 1 aliphatic heterocycles. The van der Waals surface area contributed by atoms with E-state index in [1.54, 1.807) is 41.3 Å². The third-order valence-electron chi connectivity index (χ3n) is 4.51. The number of piperazine rings is 1. The van der Waals surface area contributed by atoms with Gasteiger partial charge in [-0.25, -0.2) is 4.98 Å². The number of nitrogens with one attached hydrogen (secondary N) is 1. The fraction of sp³-hybridized carbons (Fsp3) is 0.316. The maximum absolute atomic E-state index is 12.6. The summed E-state index contributed by atoms with van der Waals surface area (Å²) < 4.78 is 0. The van der Waals surface area contributed by atoms with Gasteiger partial charge >= 0.3 is 0 Å². The molecule has 2 amide bonds. The lowest BCUT2D eigenvalue weighted by Crippen LogP contribution is -2.47. The van der Waals surface area contributed by atoms with E-state index in [1.165, 1.54) is 0 Å². The van der Waals surface area contributed by atoms with Crippen molar-refractivity contribution < 1.29 is 9.59 Å². The summed E-state index contributed by atoms with van der Waals surface area (Å²) in [5.41, 5.74) is 1.89. The first-order valence-electron chi connectivity index (χ1n) is 8.47. The van der Waals surface area contributed by atoms with Gasteiger partial charge in [0.05, 0.1) is 0 Å². The van der Waals surface area contributed by atoms with Crippen LogP contribution in [0.5, 0.6) is 0 Å². The predicted octanol–water partition coefficient (Wildman–Crippen LogP) is 2.68. The number of nitrogens with zero attached hydrogens (tertiary/aromatic N) is 3. The van der Waals surface area contributed by atoms with Crippen LogP contribution in [0.1, 0.15) is 26.5 Å². The van der Waals surface area contributed by atoms with Gasteiger partial charge < -0.3 is 15.1 Å². The highest BCUT2D eigenvalue weighted by atomic mass is 35.5. The Morgan fingerprint density at radius 1 is 1.04 bits per heavy atom. The normalized spacial score (nSPS) is 15.0. The van der Waals surface area contributed by atoms with Gasteiger partial charge in [0, 0.05) is 36.9 Å². The lowest BCUT2D eigenvalue weighted by molar-refractivity contribution is 0.0658.